The highest BCUT2D eigenvalue weighted by atomic mass is 79.9. The molecule has 1 aromatic carbocycles. The van der Waals surface area contributed by atoms with Crippen LogP contribution in [0.4, 0.5) is 0 Å². The zero-order chi connectivity index (χ0) is 12.0. The van der Waals surface area contributed by atoms with E-state index >= 15 is 0 Å². The van der Waals surface area contributed by atoms with Gasteiger partial charge in [-0.3, -0.25) is 0 Å². The van der Waals surface area contributed by atoms with Gasteiger partial charge in [0.05, 0.1) is 11.1 Å². The van der Waals surface area contributed by atoms with E-state index in [1.165, 1.54) is 0 Å². The lowest BCUT2D eigenvalue weighted by molar-refractivity contribution is 0.291. The highest BCUT2D eigenvalue weighted by Crippen LogP contribution is 2.27. The zero-order valence-electron chi connectivity index (χ0n) is 9.67. The van der Waals surface area contributed by atoms with E-state index in [0.717, 1.165) is 36.2 Å². The average Bonchev–Trinajstić information content (AvgIpc) is 2.20. The van der Waals surface area contributed by atoms with Crippen LogP contribution >= 0.6 is 27.5 Å². The molecular weight excluding hydrogens is 289 g/mol. The maximum Gasteiger partial charge on any atom is 0.133 e. The van der Waals surface area contributed by atoms with Crippen LogP contribution in [0.1, 0.15) is 12.8 Å². The first-order chi connectivity index (χ1) is 7.59. The van der Waals surface area contributed by atoms with Crippen molar-refractivity contribution in [2.75, 3.05) is 27.2 Å². The summed E-state index contributed by atoms with van der Waals surface area (Å²) in [6.45, 7) is 1.85. The minimum Gasteiger partial charge on any atom is -0.492 e. The minimum absolute atomic E-state index is 0.715. The van der Waals surface area contributed by atoms with E-state index in [4.69, 9.17) is 16.3 Å². The third kappa shape index (κ3) is 5.19. The summed E-state index contributed by atoms with van der Waals surface area (Å²) in [5.41, 5.74) is 0. The maximum atomic E-state index is 5.84. The summed E-state index contributed by atoms with van der Waals surface area (Å²) in [6.07, 6.45) is 2.21. The molecule has 90 valence electrons. The predicted molar refractivity (Wildman–Crippen MR) is 72.4 cm³/mol. The van der Waals surface area contributed by atoms with Crippen LogP contribution in [0.5, 0.6) is 5.75 Å². The Hall–Kier alpha value is -0.250. The molecule has 0 saturated heterocycles. The molecule has 0 unspecified atom stereocenters. The summed E-state index contributed by atoms with van der Waals surface area (Å²) in [6, 6.07) is 5.57. The Morgan fingerprint density at radius 2 is 2.06 bits per heavy atom. The second kappa shape index (κ2) is 7.15. The fourth-order valence-corrected chi connectivity index (χ4v) is 2.10. The number of nitrogens with zero attached hydrogens (tertiary/aromatic N) is 1. The fraction of sp³-hybridized carbons (Fsp3) is 0.500. The smallest absolute Gasteiger partial charge is 0.133 e. The Morgan fingerprint density at radius 1 is 1.31 bits per heavy atom. The van der Waals surface area contributed by atoms with E-state index < -0.39 is 0 Å². The Balaban J connectivity index is 2.27. The fourth-order valence-electron chi connectivity index (χ4n) is 1.30. The van der Waals surface area contributed by atoms with E-state index in [0.29, 0.717) is 5.02 Å². The number of ether oxygens (including phenoxy) is 1. The lowest BCUT2D eigenvalue weighted by Gasteiger charge is -2.10. The Bertz CT molecular complexity index is 331. The molecule has 0 N–H and O–H groups in total. The Labute approximate surface area is 111 Å². The molecule has 0 radical (unpaired) electrons. The van der Waals surface area contributed by atoms with Gasteiger partial charge in [0, 0.05) is 5.02 Å². The van der Waals surface area contributed by atoms with E-state index in [1.54, 1.807) is 0 Å². The summed E-state index contributed by atoms with van der Waals surface area (Å²) in [5, 5.41) is 0.715. The molecular formula is C12H17BrClNO. The minimum atomic E-state index is 0.715. The Morgan fingerprint density at radius 3 is 2.69 bits per heavy atom. The number of hydrogen-bond donors (Lipinski definition) is 0. The lowest BCUT2D eigenvalue weighted by Crippen LogP contribution is -2.13. The third-order valence-corrected chi connectivity index (χ3v) is 3.01. The molecule has 0 aromatic heterocycles. The molecule has 0 aliphatic heterocycles. The molecule has 0 fully saturated rings. The van der Waals surface area contributed by atoms with E-state index in [2.05, 4.69) is 34.9 Å². The normalized spacial score (nSPS) is 10.8. The van der Waals surface area contributed by atoms with Crippen LogP contribution in [-0.2, 0) is 0 Å². The van der Waals surface area contributed by atoms with Gasteiger partial charge in [-0.25, -0.2) is 0 Å². The molecule has 0 atom stereocenters. The van der Waals surface area contributed by atoms with Gasteiger partial charge in [-0.15, -0.1) is 0 Å². The van der Waals surface area contributed by atoms with E-state index in [1.807, 2.05) is 18.2 Å². The third-order valence-electron chi connectivity index (χ3n) is 2.15. The molecule has 4 heteroatoms. The first-order valence-corrected chi connectivity index (χ1v) is 6.49. The highest BCUT2D eigenvalue weighted by Gasteiger charge is 2.01. The Kier molecular flexibility index (Phi) is 6.17. The second-order valence-electron chi connectivity index (χ2n) is 3.93. The number of halogens is 2. The van der Waals surface area contributed by atoms with E-state index in [-0.39, 0.29) is 0 Å². The summed E-state index contributed by atoms with van der Waals surface area (Å²) < 4.78 is 6.56. The SMILES string of the molecule is CN(C)CCCCOc1ccc(Cl)cc1Br. The topological polar surface area (TPSA) is 12.5 Å². The molecule has 0 heterocycles. The van der Waals surface area contributed by atoms with Gasteiger partial charge in [0.2, 0.25) is 0 Å². The van der Waals surface area contributed by atoms with Crippen LogP contribution in [0.3, 0.4) is 0 Å². The standard InChI is InChI=1S/C12H17BrClNO/c1-15(2)7-3-4-8-16-12-6-5-10(14)9-11(12)13/h5-6,9H,3-4,7-8H2,1-2H3. The highest BCUT2D eigenvalue weighted by molar-refractivity contribution is 9.10. The van der Waals surface area contributed by atoms with Gasteiger partial charge in [-0.2, -0.15) is 0 Å². The van der Waals surface area contributed by atoms with Crippen LogP contribution in [0, 0.1) is 0 Å². The predicted octanol–water partition coefficient (Wildman–Crippen LogP) is 3.82. The maximum absolute atomic E-state index is 5.84. The van der Waals surface area contributed by atoms with Gasteiger partial charge in [-0.1, -0.05) is 11.6 Å². The van der Waals surface area contributed by atoms with E-state index in [9.17, 15) is 0 Å². The van der Waals surface area contributed by atoms with Gasteiger partial charge in [0.1, 0.15) is 5.75 Å². The molecule has 1 aromatic rings. The van der Waals surface area contributed by atoms with Crippen LogP contribution in [0.2, 0.25) is 5.02 Å². The first-order valence-electron chi connectivity index (χ1n) is 5.32. The van der Waals surface area contributed by atoms with Gasteiger partial charge in [-0.05, 0) is 67.6 Å². The number of hydrogen-bond acceptors (Lipinski definition) is 2. The zero-order valence-corrected chi connectivity index (χ0v) is 12.0. The van der Waals surface area contributed by atoms with Crippen molar-refractivity contribution in [3.05, 3.63) is 27.7 Å². The van der Waals surface area contributed by atoms with Crippen LogP contribution in [0.15, 0.2) is 22.7 Å². The first kappa shape index (κ1) is 13.8. The van der Waals surface area contributed by atoms with Crippen molar-refractivity contribution in [1.29, 1.82) is 0 Å². The monoisotopic (exact) mass is 305 g/mol. The summed E-state index contributed by atoms with van der Waals surface area (Å²) in [4.78, 5) is 2.18. The number of rotatable bonds is 6. The molecule has 0 amide bonds. The van der Waals surface area contributed by atoms with Crippen molar-refractivity contribution < 1.29 is 4.74 Å². The molecule has 0 aliphatic carbocycles. The quantitative estimate of drug-likeness (QED) is 0.741. The molecule has 0 saturated carbocycles. The molecule has 0 spiro atoms. The summed E-state index contributed by atoms with van der Waals surface area (Å²) >= 11 is 9.27. The van der Waals surface area contributed by atoms with Crippen molar-refractivity contribution in [3.63, 3.8) is 0 Å². The lowest BCUT2D eigenvalue weighted by atomic mass is 10.3. The number of benzene rings is 1. The second-order valence-corrected chi connectivity index (χ2v) is 5.22. The average molecular weight is 307 g/mol. The van der Waals surface area contributed by atoms with Gasteiger partial charge in [0.15, 0.2) is 0 Å². The van der Waals surface area contributed by atoms with Crippen molar-refractivity contribution in [2.45, 2.75) is 12.8 Å². The van der Waals surface area contributed by atoms with Crippen molar-refractivity contribution in [1.82, 2.24) is 4.90 Å². The van der Waals surface area contributed by atoms with Gasteiger partial charge >= 0.3 is 0 Å². The number of unbranched alkanes of at least 4 members (excludes halogenated alkanes) is 1. The van der Waals surface area contributed by atoms with Crippen LogP contribution in [-0.4, -0.2) is 32.1 Å². The van der Waals surface area contributed by atoms with Gasteiger partial charge in [0.25, 0.3) is 0 Å². The molecule has 16 heavy (non-hydrogen) atoms. The van der Waals surface area contributed by atoms with Crippen LogP contribution in [0.25, 0.3) is 0 Å². The molecule has 0 bridgehead atoms. The molecule has 0 aliphatic rings. The van der Waals surface area contributed by atoms with Crippen molar-refractivity contribution >= 4 is 27.5 Å². The summed E-state index contributed by atoms with van der Waals surface area (Å²) in [7, 11) is 4.16. The van der Waals surface area contributed by atoms with Crippen molar-refractivity contribution in [2.24, 2.45) is 0 Å². The summed E-state index contributed by atoms with van der Waals surface area (Å²) in [5.74, 6) is 0.856. The van der Waals surface area contributed by atoms with Gasteiger partial charge < -0.3 is 9.64 Å². The molecule has 1 rings (SSSR count). The largest absolute Gasteiger partial charge is 0.492 e. The van der Waals surface area contributed by atoms with Crippen LogP contribution < -0.4 is 4.74 Å². The molecule has 2 nitrogen and oxygen atoms in total. The van der Waals surface area contributed by atoms with Crippen molar-refractivity contribution in [3.8, 4) is 5.75 Å².